The molecule has 2 atom stereocenters. The maximum absolute atomic E-state index is 13.8. The number of nitrogens with one attached hydrogen (secondary N) is 1. The fourth-order valence-electron chi connectivity index (χ4n) is 5.23. The van der Waals surface area contributed by atoms with Gasteiger partial charge in [0.1, 0.15) is 0 Å². The first-order valence-electron chi connectivity index (χ1n) is 12.2. The van der Waals surface area contributed by atoms with Gasteiger partial charge in [0.2, 0.25) is 0 Å². The molecule has 2 aromatic carbocycles. The molecule has 7 heteroatoms. The second-order valence-corrected chi connectivity index (χ2v) is 9.31. The Morgan fingerprint density at radius 2 is 1.81 bits per heavy atom. The zero-order valence-corrected chi connectivity index (χ0v) is 21.8. The number of nitrogens with zero attached hydrogens (tertiary/aromatic N) is 1. The summed E-state index contributed by atoms with van der Waals surface area (Å²) in [7, 11) is 6.94. The number of methoxy groups -OCH3 is 2. The molecular weight excluding hydrogens is 456 g/mol. The summed E-state index contributed by atoms with van der Waals surface area (Å²) < 4.78 is 16.7. The number of para-hydroxylation sites is 1. The molecule has 0 saturated carbocycles. The lowest BCUT2D eigenvalue weighted by Crippen LogP contribution is -2.36. The molecule has 36 heavy (non-hydrogen) atoms. The minimum Gasteiger partial charge on any atom is -0.493 e. The number of hydrogen-bond donors (Lipinski definition) is 1. The van der Waals surface area contributed by atoms with Crippen molar-refractivity contribution in [2.45, 2.75) is 38.5 Å². The van der Waals surface area contributed by atoms with E-state index < -0.39 is 11.9 Å². The third kappa shape index (κ3) is 4.57. The van der Waals surface area contributed by atoms with Crippen molar-refractivity contribution in [3.05, 3.63) is 76.1 Å². The van der Waals surface area contributed by atoms with Gasteiger partial charge in [-0.25, -0.2) is 4.79 Å². The van der Waals surface area contributed by atoms with Crippen LogP contribution >= 0.6 is 0 Å². The van der Waals surface area contributed by atoms with E-state index >= 15 is 0 Å². The summed E-state index contributed by atoms with van der Waals surface area (Å²) in [6.07, 6.45) is 1.03. The molecule has 2 aromatic rings. The first kappa shape index (κ1) is 25.4. The number of allylic oxidation sites excluding steroid dienone is 3. The van der Waals surface area contributed by atoms with Crippen LogP contribution in [0.25, 0.3) is 0 Å². The second-order valence-electron chi connectivity index (χ2n) is 9.31. The van der Waals surface area contributed by atoms with Gasteiger partial charge in [-0.2, -0.15) is 0 Å². The monoisotopic (exact) mass is 490 g/mol. The predicted molar refractivity (Wildman–Crippen MR) is 140 cm³/mol. The molecule has 0 spiro atoms. The number of anilines is 1. The van der Waals surface area contributed by atoms with Crippen LogP contribution < -0.4 is 19.7 Å². The number of rotatable bonds is 7. The lowest BCUT2D eigenvalue weighted by molar-refractivity contribution is -0.136. The van der Waals surface area contributed by atoms with Crippen molar-refractivity contribution in [1.29, 1.82) is 0 Å². The maximum Gasteiger partial charge on any atom is 0.336 e. The van der Waals surface area contributed by atoms with Crippen LogP contribution in [-0.4, -0.2) is 46.7 Å². The maximum atomic E-state index is 13.8. The van der Waals surface area contributed by atoms with Crippen molar-refractivity contribution in [2.24, 2.45) is 0 Å². The van der Waals surface area contributed by atoms with E-state index in [1.165, 1.54) is 7.11 Å². The number of ketones is 1. The summed E-state index contributed by atoms with van der Waals surface area (Å²) in [5.41, 5.74) is 5.46. The van der Waals surface area contributed by atoms with Crippen LogP contribution in [0, 0.1) is 0 Å². The van der Waals surface area contributed by atoms with Gasteiger partial charge in [0.15, 0.2) is 17.3 Å². The molecule has 1 N–H and O–H groups in total. The number of ether oxygens (including phenoxy) is 3. The number of carbonyl (C=O) groups excluding carboxylic acids is 2. The smallest absolute Gasteiger partial charge is 0.336 e. The largest absolute Gasteiger partial charge is 0.493 e. The molecule has 0 fully saturated rings. The van der Waals surface area contributed by atoms with Crippen LogP contribution in [0.15, 0.2) is 65.0 Å². The van der Waals surface area contributed by atoms with Gasteiger partial charge in [0, 0.05) is 48.7 Å². The van der Waals surface area contributed by atoms with Gasteiger partial charge in [-0.05, 0) is 49.9 Å². The Labute approximate surface area is 212 Å². The normalized spacial score (nSPS) is 19.4. The highest BCUT2D eigenvalue weighted by Gasteiger charge is 2.42. The highest BCUT2D eigenvalue weighted by atomic mass is 16.5. The minimum absolute atomic E-state index is 0.00890. The van der Waals surface area contributed by atoms with E-state index in [4.69, 9.17) is 14.2 Å². The van der Waals surface area contributed by atoms with Gasteiger partial charge in [0.25, 0.3) is 0 Å². The molecule has 0 bridgehead atoms. The molecule has 190 valence electrons. The molecule has 7 nitrogen and oxygen atoms in total. The van der Waals surface area contributed by atoms with E-state index in [1.807, 2.05) is 46.1 Å². The lowest BCUT2D eigenvalue weighted by Gasteiger charge is -2.37. The molecule has 1 aliphatic heterocycles. The Balaban J connectivity index is 1.83. The molecular formula is C29H34N2O5. The van der Waals surface area contributed by atoms with E-state index in [9.17, 15) is 9.59 Å². The molecule has 4 rings (SSSR count). The van der Waals surface area contributed by atoms with Crippen molar-refractivity contribution in [2.75, 3.05) is 39.8 Å². The van der Waals surface area contributed by atoms with Crippen LogP contribution in [0.1, 0.15) is 49.7 Å². The molecule has 0 amide bonds. The van der Waals surface area contributed by atoms with Crippen molar-refractivity contribution < 1.29 is 23.8 Å². The standard InChI is InChI=1S/C29H34N2O5/c1-7-36-28-21(9-8-10-24(28)34-5)26-25(29(33)35-6)17(2)30-22-15-19(16-23(32)27(22)26)18-11-13-20(14-12-18)31(3)4/h8-14,19,26,30H,7,15-16H2,1-6H3/t19-,26+/m0/s1. The fourth-order valence-corrected chi connectivity index (χ4v) is 5.23. The third-order valence-electron chi connectivity index (χ3n) is 6.94. The van der Waals surface area contributed by atoms with E-state index in [2.05, 4.69) is 34.5 Å². The Morgan fingerprint density at radius 3 is 2.42 bits per heavy atom. The summed E-state index contributed by atoms with van der Waals surface area (Å²) >= 11 is 0. The lowest BCUT2D eigenvalue weighted by atomic mass is 9.71. The summed E-state index contributed by atoms with van der Waals surface area (Å²) in [6, 6.07) is 13.9. The van der Waals surface area contributed by atoms with Crippen molar-refractivity contribution in [3.63, 3.8) is 0 Å². The molecule has 1 aliphatic carbocycles. The predicted octanol–water partition coefficient (Wildman–Crippen LogP) is 4.69. The number of Topliss-reactive ketones (excluding diaryl/α,β-unsaturated/α-hetero) is 1. The average Bonchev–Trinajstić information content (AvgIpc) is 2.87. The van der Waals surface area contributed by atoms with E-state index in [0.29, 0.717) is 53.4 Å². The Morgan fingerprint density at radius 1 is 1.08 bits per heavy atom. The van der Waals surface area contributed by atoms with Crippen molar-refractivity contribution >= 4 is 17.4 Å². The number of hydrogen-bond acceptors (Lipinski definition) is 7. The van der Waals surface area contributed by atoms with Crippen molar-refractivity contribution in [3.8, 4) is 11.5 Å². The number of benzene rings is 2. The summed E-state index contributed by atoms with van der Waals surface area (Å²) in [4.78, 5) is 28.9. The van der Waals surface area contributed by atoms with Crippen LogP contribution in [0.3, 0.4) is 0 Å². The molecule has 0 radical (unpaired) electrons. The summed E-state index contributed by atoms with van der Waals surface area (Å²) in [5, 5.41) is 3.38. The molecule has 0 aromatic heterocycles. The van der Waals surface area contributed by atoms with Crippen molar-refractivity contribution in [1.82, 2.24) is 5.32 Å². The second kappa shape index (κ2) is 10.5. The minimum atomic E-state index is -0.616. The molecule has 2 aliphatic rings. The van der Waals surface area contributed by atoms with E-state index in [1.54, 1.807) is 7.11 Å². The fraction of sp³-hybridized carbons (Fsp3) is 0.379. The van der Waals surface area contributed by atoms with Crippen LogP contribution in [0.4, 0.5) is 5.69 Å². The van der Waals surface area contributed by atoms with Crippen LogP contribution in [-0.2, 0) is 14.3 Å². The van der Waals surface area contributed by atoms with Gasteiger partial charge in [-0.15, -0.1) is 0 Å². The summed E-state index contributed by atoms with van der Waals surface area (Å²) in [5.74, 6) is 0.0500. The number of esters is 1. The van der Waals surface area contributed by atoms with Gasteiger partial charge < -0.3 is 24.4 Å². The number of dihydropyridines is 1. The zero-order chi connectivity index (χ0) is 26.0. The zero-order valence-electron chi connectivity index (χ0n) is 21.8. The van der Waals surface area contributed by atoms with Gasteiger partial charge >= 0.3 is 5.97 Å². The third-order valence-corrected chi connectivity index (χ3v) is 6.94. The van der Waals surface area contributed by atoms with Crippen LogP contribution in [0.2, 0.25) is 0 Å². The quantitative estimate of drug-likeness (QED) is 0.564. The SMILES string of the molecule is CCOc1c(OC)cccc1[C@@H]1C(C(=O)OC)=C(C)NC2=C1C(=O)C[C@@H](c1ccc(N(C)C)cc1)C2. The topological polar surface area (TPSA) is 77.1 Å². The Bertz CT molecular complexity index is 1230. The highest BCUT2D eigenvalue weighted by molar-refractivity contribution is 6.04. The van der Waals surface area contributed by atoms with Gasteiger partial charge in [-0.1, -0.05) is 24.3 Å². The Kier molecular flexibility index (Phi) is 7.38. The van der Waals surface area contributed by atoms with Gasteiger partial charge in [-0.3, -0.25) is 4.79 Å². The molecule has 0 unspecified atom stereocenters. The number of carbonyl (C=O) groups is 2. The van der Waals surface area contributed by atoms with Gasteiger partial charge in [0.05, 0.1) is 32.3 Å². The van der Waals surface area contributed by atoms with E-state index in [-0.39, 0.29) is 11.7 Å². The molecule has 0 saturated heterocycles. The summed E-state index contributed by atoms with van der Waals surface area (Å²) in [6.45, 7) is 4.16. The van der Waals surface area contributed by atoms with Crippen LogP contribution in [0.5, 0.6) is 11.5 Å². The Hall–Kier alpha value is -3.74. The first-order valence-corrected chi connectivity index (χ1v) is 12.2. The first-order chi connectivity index (χ1) is 17.3. The average molecular weight is 491 g/mol. The molecule has 1 heterocycles. The highest BCUT2D eigenvalue weighted by Crippen LogP contribution is 2.49. The van der Waals surface area contributed by atoms with E-state index in [0.717, 1.165) is 16.9 Å².